The van der Waals surface area contributed by atoms with Crippen LogP contribution in [-0.4, -0.2) is 28.6 Å². The van der Waals surface area contributed by atoms with Crippen LogP contribution < -0.4 is 0 Å². The predicted molar refractivity (Wildman–Crippen MR) is 74.5 cm³/mol. The van der Waals surface area contributed by atoms with E-state index in [0.717, 1.165) is 16.1 Å². The molecule has 1 unspecified atom stereocenters. The molecule has 1 aromatic heterocycles. The first-order chi connectivity index (χ1) is 9.06. The van der Waals surface area contributed by atoms with E-state index in [1.807, 2.05) is 24.3 Å². The summed E-state index contributed by atoms with van der Waals surface area (Å²) < 4.78 is 13.0. The van der Waals surface area contributed by atoms with E-state index in [4.69, 9.17) is 0 Å². The van der Waals surface area contributed by atoms with Crippen LogP contribution >= 0.6 is 11.3 Å². The molecular weight excluding hydrogens is 263 g/mol. The third kappa shape index (κ3) is 3.83. The summed E-state index contributed by atoms with van der Waals surface area (Å²) in [5.41, 5.74) is 1.54. The van der Waals surface area contributed by atoms with Crippen molar-refractivity contribution in [1.82, 2.24) is 9.88 Å². The second-order valence-electron chi connectivity index (χ2n) is 4.64. The van der Waals surface area contributed by atoms with Gasteiger partial charge in [-0.3, -0.25) is 4.90 Å². The molecule has 102 valence electrons. The number of aliphatic hydroxyl groups is 1. The van der Waals surface area contributed by atoms with Crippen LogP contribution in [0, 0.1) is 12.7 Å². The van der Waals surface area contributed by atoms with Gasteiger partial charge in [-0.2, -0.15) is 0 Å². The molecule has 0 aliphatic heterocycles. The number of rotatable bonds is 5. The van der Waals surface area contributed by atoms with Crippen LogP contribution in [0.3, 0.4) is 0 Å². The van der Waals surface area contributed by atoms with E-state index in [1.165, 1.54) is 12.1 Å². The van der Waals surface area contributed by atoms with Crippen LogP contribution in [0.5, 0.6) is 0 Å². The van der Waals surface area contributed by atoms with Gasteiger partial charge in [0.1, 0.15) is 10.8 Å². The van der Waals surface area contributed by atoms with E-state index < -0.39 is 6.10 Å². The van der Waals surface area contributed by atoms with Gasteiger partial charge in [-0.05, 0) is 37.2 Å². The summed E-state index contributed by atoms with van der Waals surface area (Å²) in [6.45, 7) is 3.00. The van der Waals surface area contributed by atoms with E-state index in [0.29, 0.717) is 13.1 Å². The molecule has 2 aromatic rings. The first-order valence-electron chi connectivity index (χ1n) is 6.07. The zero-order valence-electron chi connectivity index (χ0n) is 11.0. The van der Waals surface area contributed by atoms with Gasteiger partial charge in [-0.25, -0.2) is 9.37 Å². The van der Waals surface area contributed by atoms with Crippen molar-refractivity contribution in [2.45, 2.75) is 19.6 Å². The predicted octanol–water partition coefficient (Wildman–Crippen LogP) is 2.76. The minimum absolute atomic E-state index is 0.274. The first-order valence-corrected chi connectivity index (χ1v) is 6.95. The number of hydrogen-bond acceptors (Lipinski definition) is 4. The highest BCUT2D eigenvalue weighted by Crippen LogP contribution is 2.20. The highest BCUT2D eigenvalue weighted by molar-refractivity contribution is 7.09. The quantitative estimate of drug-likeness (QED) is 0.915. The minimum Gasteiger partial charge on any atom is -0.387 e. The van der Waals surface area contributed by atoms with Crippen molar-refractivity contribution in [3.8, 4) is 0 Å². The molecule has 0 radical (unpaired) electrons. The fraction of sp³-hybridized carbons (Fsp3) is 0.357. The summed E-state index contributed by atoms with van der Waals surface area (Å²) in [7, 11) is 1.93. The van der Waals surface area contributed by atoms with E-state index in [9.17, 15) is 9.50 Å². The lowest BCUT2D eigenvalue weighted by molar-refractivity contribution is 0.123. The van der Waals surface area contributed by atoms with Crippen molar-refractivity contribution in [2.75, 3.05) is 13.6 Å². The van der Waals surface area contributed by atoms with Gasteiger partial charge in [-0.1, -0.05) is 6.07 Å². The monoisotopic (exact) mass is 280 g/mol. The summed E-state index contributed by atoms with van der Waals surface area (Å²) in [6, 6.07) is 4.47. The largest absolute Gasteiger partial charge is 0.387 e. The van der Waals surface area contributed by atoms with Crippen molar-refractivity contribution in [1.29, 1.82) is 0 Å². The van der Waals surface area contributed by atoms with Gasteiger partial charge in [-0.15, -0.1) is 11.3 Å². The van der Waals surface area contributed by atoms with E-state index >= 15 is 0 Å². The van der Waals surface area contributed by atoms with E-state index in [-0.39, 0.29) is 5.82 Å². The number of aliphatic hydroxyl groups excluding tert-OH is 1. The Bertz CT molecular complexity index is 530. The number of halogens is 1. The van der Waals surface area contributed by atoms with Gasteiger partial charge in [0.05, 0.1) is 12.6 Å². The summed E-state index contributed by atoms with van der Waals surface area (Å²) in [4.78, 5) is 6.22. The molecule has 0 aliphatic rings. The minimum atomic E-state index is -0.620. The maximum Gasteiger partial charge on any atom is 0.123 e. The first kappa shape index (κ1) is 14.1. The van der Waals surface area contributed by atoms with Crippen LogP contribution in [0.2, 0.25) is 0 Å². The molecule has 1 atom stereocenters. The molecule has 1 N–H and O–H groups in total. The lowest BCUT2D eigenvalue weighted by Crippen LogP contribution is -2.24. The SMILES string of the molecule is Cc1cc(F)ccc1C(O)CN(C)Cc1nccs1. The lowest BCUT2D eigenvalue weighted by Gasteiger charge is -2.21. The van der Waals surface area contributed by atoms with Gasteiger partial charge in [0.15, 0.2) is 0 Å². The van der Waals surface area contributed by atoms with Gasteiger partial charge in [0.25, 0.3) is 0 Å². The standard InChI is InChI=1S/C14H17FN2OS/c1-10-7-11(15)3-4-12(10)13(18)8-17(2)9-14-16-5-6-19-14/h3-7,13,18H,8-9H2,1-2H3. The van der Waals surface area contributed by atoms with E-state index in [1.54, 1.807) is 23.6 Å². The summed E-state index contributed by atoms with van der Waals surface area (Å²) in [5.74, 6) is -0.274. The number of aromatic nitrogens is 1. The lowest BCUT2D eigenvalue weighted by atomic mass is 10.0. The fourth-order valence-electron chi connectivity index (χ4n) is 2.03. The van der Waals surface area contributed by atoms with Crippen molar-refractivity contribution in [3.05, 3.63) is 51.7 Å². The maximum absolute atomic E-state index is 13.0. The number of thiazole rings is 1. The summed E-state index contributed by atoms with van der Waals surface area (Å²) >= 11 is 1.60. The summed E-state index contributed by atoms with van der Waals surface area (Å²) in [5, 5.41) is 13.2. The number of hydrogen-bond donors (Lipinski definition) is 1. The Labute approximate surface area is 116 Å². The molecule has 0 amide bonds. The van der Waals surface area contributed by atoms with Crippen molar-refractivity contribution in [2.24, 2.45) is 0 Å². The summed E-state index contributed by atoms with van der Waals surface area (Å²) in [6.07, 6.45) is 1.15. The molecule has 1 aromatic carbocycles. The van der Waals surface area contributed by atoms with Crippen LogP contribution in [-0.2, 0) is 6.54 Å². The smallest absolute Gasteiger partial charge is 0.123 e. The Balaban J connectivity index is 1.98. The number of likely N-dealkylation sites (N-methyl/N-ethyl adjacent to an activating group) is 1. The topological polar surface area (TPSA) is 36.4 Å². The average molecular weight is 280 g/mol. The number of benzene rings is 1. The number of nitrogens with zero attached hydrogens (tertiary/aromatic N) is 2. The molecule has 0 spiro atoms. The van der Waals surface area contributed by atoms with Crippen LogP contribution in [0.1, 0.15) is 22.2 Å². The normalized spacial score (nSPS) is 12.9. The molecule has 2 rings (SSSR count). The van der Waals surface area contributed by atoms with Crippen molar-refractivity contribution < 1.29 is 9.50 Å². The highest BCUT2D eigenvalue weighted by atomic mass is 32.1. The average Bonchev–Trinajstić information content (AvgIpc) is 2.81. The van der Waals surface area contributed by atoms with Crippen LogP contribution in [0.25, 0.3) is 0 Å². The third-order valence-electron chi connectivity index (χ3n) is 2.96. The van der Waals surface area contributed by atoms with Crippen LogP contribution in [0.15, 0.2) is 29.8 Å². The second kappa shape index (κ2) is 6.23. The highest BCUT2D eigenvalue weighted by Gasteiger charge is 2.14. The molecule has 0 saturated carbocycles. The Kier molecular flexibility index (Phi) is 4.63. The Morgan fingerprint density at radius 1 is 1.47 bits per heavy atom. The zero-order valence-corrected chi connectivity index (χ0v) is 11.8. The molecule has 3 nitrogen and oxygen atoms in total. The van der Waals surface area contributed by atoms with Gasteiger partial charge < -0.3 is 5.11 Å². The van der Waals surface area contributed by atoms with Crippen molar-refractivity contribution >= 4 is 11.3 Å². The van der Waals surface area contributed by atoms with Crippen LogP contribution in [0.4, 0.5) is 4.39 Å². The van der Waals surface area contributed by atoms with E-state index in [2.05, 4.69) is 4.98 Å². The fourth-order valence-corrected chi connectivity index (χ4v) is 2.73. The van der Waals surface area contributed by atoms with Gasteiger partial charge in [0, 0.05) is 18.1 Å². The molecule has 0 saturated heterocycles. The maximum atomic E-state index is 13.0. The molecule has 5 heteroatoms. The van der Waals surface area contributed by atoms with Gasteiger partial charge >= 0.3 is 0 Å². The molecule has 0 fully saturated rings. The number of aryl methyl sites for hydroxylation is 1. The van der Waals surface area contributed by atoms with Crippen molar-refractivity contribution in [3.63, 3.8) is 0 Å². The Morgan fingerprint density at radius 3 is 2.89 bits per heavy atom. The molecule has 0 bridgehead atoms. The molecule has 0 aliphatic carbocycles. The molecule has 19 heavy (non-hydrogen) atoms. The second-order valence-corrected chi connectivity index (χ2v) is 5.62. The third-order valence-corrected chi connectivity index (χ3v) is 3.73. The Hall–Kier alpha value is -1.30. The Morgan fingerprint density at radius 2 is 2.26 bits per heavy atom. The molecule has 1 heterocycles. The van der Waals surface area contributed by atoms with Gasteiger partial charge in [0.2, 0.25) is 0 Å². The molecular formula is C14H17FN2OS. The zero-order chi connectivity index (χ0) is 13.8.